The van der Waals surface area contributed by atoms with Crippen molar-refractivity contribution in [1.29, 1.82) is 0 Å². The Labute approximate surface area is 137 Å². The molecule has 0 saturated carbocycles. The topological polar surface area (TPSA) is 93.9 Å². The van der Waals surface area contributed by atoms with Gasteiger partial charge in [-0.1, -0.05) is 6.08 Å². The van der Waals surface area contributed by atoms with Gasteiger partial charge < -0.3 is 20.5 Å². The number of hydrogen-bond acceptors (Lipinski definition) is 6. The van der Waals surface area contributed by atoms with Gasteiger partial charge in [0.25, 0.3) is 0 Å². The molecule has 1 heterocycles. The molecule has 0 aromatic heterocycles. The first-order valence-electron chi connectivity index (χ1n) is 7.53. The number of hydrogen-bond donors (Lipinski definition) is 2. The van der Waals surface area contributed by atoms with Crippen LogP contribution in [0.4, 0.5) is 9.59 Å². The van der Waals surface area contributed by atoms with Crippen molar-refractivity contribution >= 4 is 12.2 Å². The fourth-order valence-electron chi connectivity index (χ4n) is 1.70. The summed E-state index contributed by atoms with van der Waals surface area (Å²) in [5.41, 5.74) is 5.07. The molecular formula is C16H27N3O4. The Morgan fingerprint density at radius 2 is 1.57 bits per heavy atom. The van der Waals surface area contributed by atoms with Gasteiger partial charge in [0.05, 0.1) is 0 Å². The summed E-state index contributed by atoms with van der Waals surface area (Å²) in [6.07, 6.45) is 1.79. The van der Waals surface area contributed by atoms with Crippen molar-refractivity contribution < 1.29 is 19.1 Å². The smallest absolute Gasteiger partial charge is 0.425 e. The summed E-state index contributed by atoms with van der Waals surface area (Å²) in [4.78, 5) is 25.7. The zero-order valence-corrected chi connectivity index (χ0v) is 14.7. The van der Waals surface area contributed by atoms with E-state index in [1.54, 1.807) is 53.7 Å². The lowest BCUT2D eigenvalue weighted by Gasteiger charge is -2.31. The molecule has 0 aromatic carbocycles. The Bertz CT molecular complexity index is 496. The van der Waals surface area contributed by atoms with E-state index < -0.39 is 23.4 Å². The van der Waals surface area contributed by atoms with Crippen LogP contribution in [-0.2, 0) is 9.47 Å². The van der Waals surface area contributed by atoms with Crippen LogP contribution >= 0.6 is 0 Å². The molecule has 1 aliphatic rings. The van der Waals surface area contributed by atoms with E-state index in [0.29, 0.717) is 18.9 Å². The molecule has 0 unspecified atom stereocenters. The van der Waals surface area contributed by atoms with Gasteiger partial charge >= 0.3 is 12.2 Å². The van der Waals surface area contributed by atoms with Gasteiger partial charge in [0.15, 0.2) is 0 Å². The van der Waals surface area contributed by atoms with Crippen LogP contribution in [0.25, 0.3) is 0 Å². The fourth-order valence-corrected chi connectivity index (χ4v) is 1.70. The van der Waals surface area contributed by atoms with E-state index in [9.17, 15) is 9.59 Å². The second-order valence-corrected chi connectivity index (χ2v) is 7.23. The monoisotopic (exact) mass is 325 g/mol. The van der Waals surface area contributed by atoms with E-state index in [2.05, 4.69) is 5.32 Å². The summed E-state index contributed by atoms with van der Waals surface area (Å²) < 4.78 is 10.6. The summed E-state index contributed by atoms with van der Waals surface area (Å²) >= 11 is 0. The van der Waals surface area contributed by atoms with Crippen LogP contribution in [0.1, 0.15) is 41.5 Å². The zero-order chi connectivity index (χ0) is 17.8. The maximum atomic E-state index is 12.4. The number of carbonyl (C=O) groups excluding carboxylic acids is 2. The van der Waals surface area contributed by atoms with Crippen molar-refractivity contribution in [1.82, 2.24) is 10.2 Å². The number of ether oxygens (including phenoxy) is 2. The first-order valence-corrected chi connectivity index (χ1v) is 7.53. The minimum absolute atomic E-state index is 0.297. The summed E-state index contributed by atoms with van der Waals surface area (Å²) in [5.74, 6) is 0.297. The molecule has 0 atom stereocenters. The molecule has 1 aliphatic heterocycles. The average molecular weight is 325 g/mol. The third-order valence-electron chi connectivity index (χ3n) is 2.63. The number of nitrogens with two attached hydrogens (primary N) is 1. The van der Waals surface area contributed by atoms with Gasteiger partial charge in [-0.05, 0) is 53.2 Å². The lowest BCUT2D eigenvalue weighted by atomic mass is 10.2. The average Bonchev–Trinajstić information content (AvgIpc) is 2.35. The highest BCUT2D eigenvalue weighted by atomic mass is 16.6. The van der Waals surface area contributed by atoms with Gasteiger partial charge in [0.2, 0.25) is 0 Å². The molecule has 0 fully saturated rings. The van der Waals surface area contributed by atoms with Crippen molar-refractivity contribution in [2.45, 2.75) is 52.7 Å². The van der Waals surface area contributed by atoms with E-state index in [4.69, 9.17) is 15.2 Å². The van der Waals surface area contributed by atoms with Crippen molar-refractivity contribution in [2.24, 2.45) is 5.73 Å². The highest BCUT2D eigenvalue weighted by molar-refractivity contribution is 5.90. The summed E-state index contributed by atoms with van der Waals surface area (Å²) in [5, 5.41) is 2.99. The second kappa shape index (κ2) is 7.04. The normalized spacial score (nSPS) is 15.1. The molecule has 1 rings (SSSR count). The predicted octanol–water partition coefficient (Wildman–Crippen LogP) is 2.49. The number of rotatable bonds is 2. The predicted molar refractivity (Wildman–Crippen MR) is 87.5 cm³/mol. The first kappa shape index (κ1) is 19.0. The number of allylic oxidation sites excluding steroid dienone is 2. The van der Waals surface area contributed by atoms with Crippen LogP contribution < -0.4 is 11.1 Å². The van der Waals surface area contributed by atoms with Crippen molar-refractivity contribution in [3.63, 3.8) is 0 Å². The maximum absolute atomic E-state index is 12.4. The summed E-state index contributed by atoms with van der Waals surface area (Å²) in [7, 11) is 0. The Kier molecular flexibility index (Phi) is 5.82. The molecular weight excluding hydrogens is 298 g/mol. The zero-order valence-electron chi connectivity index (χ0n) is 14.7. The van der Waals surface area contributed by atoms with Crippen LogP contribution in [0, 0.1) is 0 Å². The molecule has 7 heteroatoms. The minimum Gasteiger partial charge on any atom is -0.443 e. The highest BCUT2D eigenvalue weighted by Gasteiger charge is 2.34. The molecule has 2 amide bonds. The first-order chi connectivity index (χ1) is 10.4. The third kappa shape index (κ3) is 6.32. The lowest BCUT2D eigenvalue weighted by molar-refractivity contribution is 0.00700. The highest BCUT2D eigenvalue weighted by Crippen LogP contribution is 2.18. The molecule has 7 nitrogen and oxygen atoms in total. The molecule has 0 saturated heterocycles. The Morgan fingerprint density at radius 1 is 1.09 bits per heavy atom. The Hall–Kier alpha value is -2.02. The maximum Gasteiger partial charge on any atom is 0.425 e. The number of imide groups is 1. The third-order valence-corrected chi connectivity index (χ3v) is 2.63. The quantitative estimate of drug-likeness (QED) is 0.810. The van der Waals surface area contributed by atoms with E-state index in [1.807, 2.05) is 0 Å². The van der Waals surface area contributed by atoms with E-state index in [0.717, 1.165) is 10.5 Å². The Balaban J connectivity index is 3.07. The van der Waals surface area contributed by atoms with E-state index >= 15 is 0 Å². The number of amides is 2. The number of dihydropyridines is 1. The molecule has 0 radical (unpaired) electrons. The van der Waals surface area contributed by atoms with Gasteiger partial charge in [-0.3, -0.25) is 0 Å². The van der Waals surface area contributed by atoms with Crippen LogP contribution in [0.15, 0.2) is 23.5 Å². The number of carbonyl (C=O) groups is 2. The molecule has 130 valence electrons. The van der Waals surface area contributed by atoms with Crippen molar-refractivity contribution in [3.05, 3.63) is 23.5 Å². The van der Waals surface area contributed by atoms with Crippen LogP contribution in [0.2, 0.25) is 0 Å². The van der Waals surface area contributed by atoms with Gasteiger partial charge in [-0.2, -0.15) is 4.90 Å². The second-order valence-electron chi connectivity index (χ2n) is 7.23. The van der Waals surface area contributed by atoms with Crippen molar-refractivity contribution in [2.75, 3.05) is 13.1 Å². The van der Waals surface area contributed by atoms with Crippen molar-refractivity contribution in [3.8, 4) is 0 Å². The molecule has 0 aromatic rings. The summed E-state index contributed by atoms with van der Waals surface area (Å²) in [6, 6.07) is 0. The molecule has 3 N–H and O–H groups in total. The van der Waals surface area contributed by atoms with Crippen LogP contribution in [0.5, 0.6) is 0 Å². The number of nitrogens with zero attached hydrogens (tertiary/aromatic N) is 1. The van der Waals surface area contributed by atoms with Gasteiger partial charge in [-0.25, -0.2) is 9.59 Å². The minimum atomic E-state index is -0.796. The van der Waals surface area contributed by atoms with Crippen LogP contribution in [0.3, 0.4) is 0 Å². The van der Waals surface area contributed by atoms with Crippen LogP contribution in [-0.4, -0.2) is 41.4 Å². The van der Waals surface area contributed by atoms with E-state index in [1.165, 1.54) is 0 Å². The van der Waals surface area contributed by atoms with Gasteiger partial charge in [0, 0.05) is 13.1 Å². The lowest BCUT2D eigenvalue weighted by Crippen LogP contribution is -2.47. The summed E-state index contributed by atoms with van der Waals surface area (Å²) in [6.45, 7) is 11.2. The molecule has 23 heavy (non-hydrogen) atoms. The fraction of sp³-hybridized carbons (Fsp3) is 0.625. The molecule has 0 bridgehead atoms. The van der Waals surface area contributed by atoms with E-state index in [-0.39, 0.29) is 0 Å². The SMILES string of the molecule is CC(C)(C)OC(=O)N(C(=O)OC(C)(C)C)C1=CC=C(CN)CN1. The molecule has 0 spiro atoms. The molecule has 0 aliphatic carbocycles. The number of nitrogens with one attached hydrogen (secondary N) is 1. The van der Waals surface area contributed by atoms with Gasteiger partial charge in [-0.15, -0.1) is 0 Å². The Morgan fingerprint density at radius 3 is 1.87 bits per heavy atom. The van der Waals surface area contributed by atoms with Gasteiger partial charge in [0.1, 0.15) is 17.0 Å². The standard InChI is InChI=1S/C16H27N3O4/c1-15(2,3)22-13(20)19(14(21)23-16(4,5)6)12-8-7-11(9-17)10-18-12/h7-8,18H,9-10,17H2,1-6H3. The largest absolute Gasteiger partial charge is 0.443 e.